The van der Waals surface area contributed by atoms with Gasteiger partial charge >= 0.3 is 0 Å². The quantitative estimate of drug-likeness (QED) is 0.760. The molecule has 1 aliphatic carbocycles. The Hall–Kier alpha value is -2.89. The van der Waals surface area contributed by atoms with E-state index in [1.807, 2.05) is 6.07 Å². The van der Waals surface area contributed by atoms with E-state index in [4.69, 9.17) is 4.42 Å². The second-order valence-corrected chi connectivity index (χ2v) is 5.35. The number of hydrogen-bond acceptors (Lipinski definition) is 4. The molecule has 0 saturated carbocycles. The number of amides is 1. The van der Waals surface area contributed by atoms with Crippen molar-refractivity contribution >= 4 is 28.3 Å². The van der Waals surface area contributed by atoms with E-state index in [9.17, 15) is 9.59 Å². The molecular formula is C16H13N3O3. The zero-order chi connectivity index (χ0) is 15.1. The second kappa shape index (κ2) is 4.84. The van der Waals surface area contributed by atoms with Gasteiger partial charge in [0.1, 0.15) is 5.76 Å². The Bertz CT molecular complexity index is 891. The van der Waals surface area contributed by atoms with Gasteiger partial charge in [-0.3, -0.25) is 14.7 Å². The Balaban J connectivity index is 1.60. The minimum absolute atomic E-state index is 0.0444. The largest absolute Gasteiger partial charge is 0.455 e. The van der Waals surface area contributed by atoms with Crippen molar-refractivity contribution in [3.8, 4) is 0 Å². The molecule has 6 heteroatoms. The Kier molecular flexibility index (Phi) is 2.82. The number of furan rings is 1. The lowest BCUT2D eigenvalue weighted by molar-refractivity contribution is 0.0963. The summed E-state index contributed by atoms with van der Waals surface area (Å²) in [6, 6.07) is 7.00. The third-order valence-electron chi connectivity index (χ3n) is 3.84. The van der Waals surface area contributed by atoms with Crippen molar-refractivity contribution in [1.29, 1.82) is 0 Å². The Morgan fingerprint density at radius 2 is 2.18 bits per heavy atom. The monoisotopic (exact) mass is 295 g/mol. The van der Waals surface area contributed by atoms with Gasteiger partial charge in [-0.1, -0.05) is 0 Å². The van der Waals surface area contributed by atoms with E-state index in [2.05, 4.69) is 15.5 Å². The maximum absolute atomic E-state index is 12.3. The number of nitrogens with one attached hydrogen (secondary N) is 2. The molecular weight excluding hydrogens is 282 g/mol. The highest BCUT2D eigenvalue weighted by Crippen LogP contribution is 2.25. The first kappa shape index (κ1) is 12.8. The van der Waals surface area contributed by atoms with Crippen molar-refractivity contribution in [3.63, 3.8) is 0 Å². The standard InChI is InChI=1S/C16H13N3O3/c20-13-2-1-3-14-11(13)7-15(22-14)16(21)18-10-5-4-9-8-17-19-12(9)6-10/h4-8H,1-3H2,(H,17,19)(H,18,21). The van der Waals surface area contributed by atoms with Crippen LogP contribution in [0.3, 0.4) is 0 Å². The van der Waals surface area contributed by atoms with Crippen LogP contribution in [0, 0.1) is 0 Å². The predicted octanol–water partition coefficient (Wildman–Crippen LogP) is 2.93. The van der Waals surface area contributed by atoms with Crippen molar-refractivity contribution in [2.45, 2.75) is 19.3 Å². The highest BCUT2D eigenvalue weighted by atomic mass is 16.4. The number of benzene rings is 1. The number of anilines is 1. The molecule has 0 saturated heterocycles. The van der Waals surface area contributed by atoms with Crippen molar-refractivity contribution < 1.29 is 14.0 Å². The van der Waals surface area contributed by atoms with E-state index < -0.39 is 0 Å². The van der Waals surface area contributed by atoms with E-state index in [1.54, 1.807) is 24.4 Å². The third kappa shape index (κ3) is 2.09. The van der Waals surface area contributed by atoms with Crippen LogP contribution in [0.25, 0.3) is 10.9 Å². The van der Waals surface area contributed by atoms with E-state index in [-0.39, 0.29) is 17.5 Å². The molecule has 0 fully saturated rings. The molecule has 0 unspecified atom stereocenters. The minimum atomic E-state index is -0.360. The van der Waals surface area contributed by atoms with Crippen LogP contribution in [0.15, 0.2) is 34.9 Å². The van der Waals surface area contributed by atoms with Gasteiger partial charge in [0.2, 0.25) is 0 Å². The van der Waals surface area contributed by atoms with Crippen molar-refractivity contribution in [2.75, 3.05) is 5.32 Å². The molecule has 3 aromatic rings. The van der Waals surface area contributed by atoms with Gasteiger partial charge in [-0.15, -0.1) is 0 Å². The number of fused-ring (bicyclic) bond motifs is 2. The van der Waals surface area contributed by atoms with Crippen molar-refractivity contribution in [3.05, 3.63) is 47.5 Å². The van der Waals surface area contributed by atoms with Crippen LogP contribution < -0.4 is 5.32 Å². The maximum atomic E-state index is 12.3. The summed E-state index contributed by atoms with van der Waals surface area (Å²) in [6.07, 6.45) is 3.71. The molecule has 1 amide bonds. The number of H-pyrrole nitrogens is 1. The molecule has 0 radical (unpaired) electrons. The number of rotatable bonds is 2. The normalized spacial score (nSPS) is 14.1. The van der Waals surface area contributed by atoms with Gasteiger partial charge in [0, 0.05) is 30.0 Å². The Labute approximate surface area is 125 Å². The first-order valence-electron chi connectivity index (χ1n) is 7.11. The predicted molar refractivity (Wildman–Crippen MR) is 80.0 cm³/mol. The minimum Gasteiger partial charge on any atom is -0.455 e. The van der Waals surface area contributed by atoms with E-state index in [1.165, 1.54) is 0 Å². The highest BCUT2D eigenvalue weighted by molar-refractivity contribution is 6.06. The summed E-state index contributed by atoms with van der Waals surface area (Å²) in [4.78, 5) is 24.1. The first-order chi connectivity index (χ1) is 10.7. The number of hydrogen-bond donors (Lipinski definition) is 2. The van der Waals surface area contributed by atoms with E-state index in [0.717, 1.165) is 17.3 Å². The number of ketones is 1. The number of nitrogens with zero attached hydrogens (tertiary/aromatic N) is 1. The van der Waals surface area contributed by atoms with Crippen LogP contribution in [0.4, 0.5) is 5.69 Å². The topological polar surface area (TPSA) is 88.0 Å². The fraction of sp³-hybridized carbons (Fsp3) is 0.188. The lowest BCUT2D eigenvalue weighted by atomic mass is 9.97. The fourth-order valence-electron chi connectivity index (χ4n) is 2.71. The summed E-state index contributed by atoms with van der Waals surface area (Å²) in [6.45, 7) is 0. The van der Waals surface area contributed by atoms with Crippen molar-refractivity contribution in [2.24, 2.45) is 0 Å². The van der Waals surface area contributed by atoms with Crippen LogP contribution in [-0.4, -0.2) is 21.9 Å². The molecule has 22 heavy (non-hydrogen) atoms. The SMILES string of the molecule is O=C(Nc1ccc2cn[nH]c2c1)c1cc2c(o1)CCCC2=O. The van der Waals surface area contributed by atoms with Gasteiger partial charge in [0.25, 0.3) is 5.91 Å². The third-order valence-corrected chi connectivity index (χ3v) is 3.84. The molecule has 0 aliphatic heterocycles. The zero-order valence-electron chi connectivity index (χ0n) is 11.7. The lowest BCUT2D eigenvalue weighted by Gasteiger charge is -2.06. The summed E-state index contributed by atoms with van der Waals surface area (Å²) >= 11 is 0. The van der Waals surface area contributed by atoms with Gasteiger partial charge in [-0.05, 0) is 24.6 Å². The molecule has 0 atom stereocenters. The number of aromatic amines is 1. The summed E-state index contributed by atoms with van der Waals surface area (Å²) in [5.74, 6) is 0.472. The summed E-state index contributed by atoms with van der Waals surface area (Å²) in [7, 11) is 0. The molecule has 2 aromatic heterocycles. The summed E-state index contributed by atoms with van der Waals surface area (Å²) < 4.78 is 5.53. The maximum Gasteiger partial charge on any atom is 0.291 e. The van der Waals surface area contributed by atoms with E-state index in [0.29, 0.717) is 29.9 Å². The van der Waals surface area contributed by atoms with Gasteiger partial charge in [0.05, 0.1) is 17.3 Å². The zero-order valence-corrected chi connectivity index (χ0v) is 11.7. The smallest absolute Gasteiger partial charge is 0.291 e. The van der Waals surface area contributed by atoms with Gasteiger partial charge in [-0.25, -0.2) is 0 Å². The number of Topliss-reactive ketones (excluding diaryl/α,β-unsaturated/α-hetero) is 1. The Morgan fingerprint density at radius 1 is 1.27 bits per heavy atom. The molecule has 2 N–H and O–H groups in total. The molecule has 2 heterocycles. The molecule has 0 spiro atoms. The first-order valence-corrected chi connectivity index (χ1v) is 7.11. The molecule has 4 rings (SSSR count). The molecule has 1 aromatic carbocycles. The summed E-state index contributed by atoms with van der Waals surface area (Å²) in [5.41, 5.74) is 2.02. The van der Waals surface area contributed by atoms with Crippen LogP contribution in [0.1, 0.15) is 39.5 Å². The number of aromatic nitrogens is 2. The number of carbonyl (C=O) groups is 2. The molecule has 0 bridgehead atoms. The van der Waals surface area contributed by atoms with Gasteiger partial charge in [-0.2, -0.15) is 5.10 Å². The average Bonchev–Trinajstić information content (AvgIpc) is 3.13. The lowest BCUT2D eigenvalue weighted by Crippen LogP contribution is -2.10. The van der Waals surface area contributed by atoms with E-state index >= 15 is 0 Å². The number of aryl methyl sites for hydroxylation is 1. The summed E-state index contributed by atoms with van der Waals surface area (Å²) in [5, 5.41) is 10.5. The highest BCUT2D eigenvalue weighted by Gasteiger charge is 2.24. The van der Waals surface area contributed by atoms with Gasteiger partial charge in [0.15, 0.2) is 11.5 Å². The number of carbonyl (C=O) groups excluding carboxylic acids is 2. The second-order valence-electron chi connectivity index (χ2n) is 5.35. The van der Waals surface area contributed by atoms with Crippen LogP contribution in [0.5, 0.6) is 0 Å². The van der Waals surface area contributed by atoms with Gasteiger partial charge < -0.3 is 9.73 Å². The molecule has 6 nitrogen and oxygen atoms in total. The fourth-order valence-corrected chi connectivity index (χ4v) is 2.71. The average molecular weight is 295 g/mol. The molecule has 1 aliphatic rings. The van der Waals surface area contributed by atoms with Crippen LogP contribution in [-0.2, 0) is 6.42 Å². The van der Waals surface area contributed by atoms with Crippen LogP contribution >= 0.6 is 0 Å². The Morgan fingerprint density at radius 3 is 3.05 bits per heavy atom. The molecule has 110 valence electrons. The van der Waals surface area contributed by atoms with Crippen molar-refractivity contribution in [1.82, 2.24) is 10.2 Å². The van der Waals surface area contributed by atoms with Crippen LogP contribution in [0.2, 0.25) is 0 Å².